The van der Waals surface area contributed by atoms with E-state index in [9.17, 15) is 9.32 Å². The van der Waals surface area contributed by atoms with E-state index in [0.29, 0.717) is 5.75 Å². The highest BCUT2D eigenvalue weighted by Gasteiger charge is 2.09. The molecule has 2 atom stereocenters. The van der Waals surface area contributed by atoms with Gasteiger partial charge in [-0.1, -0.05) is 17.7 Å². The molecular weight excluding hydrogens is 234 g/mol. The SMILES string of the molecule is Cc1ccc(O)c(C(C)NCCCS(C)=O)c1. The Balaban J connectivity index is 2.49. The van der Waals surface area contributed by atoms with Crippen LogP contribution in [0.2, 0.25) is 0 Å². The lowest BCUT2D eigenvalue weighted by Crippen LogP contribution is -2.21. The molecule has 0 bridgehead atoms. The molecule has 1 rings (SSSR count). The molecule has 0 aliphatic rings. The third-order valence-electron chi connectivity index (χ3n) is 2.71. The van der Waals surface area contributed by atoms with Gasteiger partial charge in [-0.05, 0) is 32.9 Å². The lowest BCUT2D eigenvalue weighted by atomic mass is 10.0. The van der Waals surface area contributed by atoms with E-state index in [1.54, 1.807) is 12.3 Å². The topological polar surface area (TPSA) is 49.3 Å². The summed E-state index contributed by atoms with van der Waals surface area (Å²) in [5, 5.41) is 13.1. The zero-order valence-electron chi connectivity index (χ0n) is 10.7. The summed E-state index contributed by atoms with van der Waals surface area (Å²) in [6.45, 7) is 4.85. The first-order chi connectivity index (χ1) is 8.00. The van der Waals surface area contributed by atoms with E-state index in [0.717, 1.165) is 29.8 Å². The Morgan fingerprint density at radius 2 is 2.18 bits per heavy atom. The third-order valence-corrected chi connectivity index (χ3v) is 3.57. The van der Waals surface area contributed by atoms with Gasteiger partial charge in [-0.15, -0.1) is 0 Å². The first-order valence-corrected chi connectivity index (χ1v) is 7.56. The Kier molecular flexibility index (Phi) is 5.65. The van der Waals surface area contributed by atoms with Gasteiger partial charge in [-0.3, -0.25) is 4.21 Å². The van der Waals surface area contributed by atoms with E-state index >= 15 is 0 Å². The van der Waals surface area contributed by atoms with Gasteiger partial charge in [0.1, 0.15) is 5.75 Å². The second-order valence-electron chi connectivity index (χ2n) is 4.37. The Labute approximate surface area is 106 Å². The number of hydrogen-bond acceptors (Lipinski definition) is 3. The predicted octanol–water partition coefficient (Wildman–Crippen LogP) is 2.12. The van der Waals surface area contributed by atoms with Crippen molar-refractivity contribution in [3.8, 4) is 5.75 Å². The number of phenols is 1. The second-order valence-corrected chi connectivity index (χ2v) is 5.92. The summed E-state index contributed by atoms with van der Waals surface area (Å²) in [6, 6.07) is 5.72. The number of aryl methyl sites for hydroxylation is 1. The van der Waals surface area contributed by atoms with Crippen LogP contribution in [-0.2, 0) is 10.8 Å². The standard InChI is InChI=1S/C13H21NO2S/c1-10-5-6-13(15)12(9-10)11(2)14-7-4-8-17(3)16/h5-6,9,11,14-15H,4,7-8H2,1-3H3. The van der Waals surface area contributed by atoms with Gasteiger partial charge in [-0.2, -0.15) is 0 Å². The Morgan fingerprint density at radius 1 is 1.47 bits per heavy atom. The molecule has 1 aromatic carbocycles. The fourth-order valence-corrected chi connectivity index (χ4v) is 2.28. The fourth-order valence-electron chi connectivity index (χ4n) is 1.72. The highest BCUT2D eigenvalue weighted by molar-refractivity contribution is 7.84. The van der Waals surface area contributed by atoms with E-state index in [1.807, 2.05) is 26.0 Å². The predicted molar refractivity (Wildman–Crippen MR) is 72.8 cm³/mol. The van der Waals surface area contributed by atoms with Crippen LogP contribution >= 0.6 is 0 Å². The highest BCUT2D eigenvalue weighted by atomic mass is 32.2. The minimum absolute atomic E-state index is 0.111. The molecule has 0 aliphatic heterocycles. The molecule has 0 heterocycles. The van der Waals surface area contributed by atoms with E-state index in [1.165, 1.54) is 0 Å². The summed E-state index contributed by atoms with van der Waals surface area (Å²) >= 11 is 0. The van der Waals surface area contributed by atoms with E-state index in [-0.39, 0.29) is 6.04 Å². The molecule has 96 valence electrons. The molecule has 0 spiro atoms. The summed E-state index contributed by atoms with van der Waals surface area (Å²) in [7, 11) is -0.722. The van der Waals surface area contributed by atoms with Gasteiger partial charge in [0.05, 0.1) is 0 Å². The van der Waals surface area contributed by atoms with Crippen LogP contribution < -0.4 is 5.32 Å². The average Bonchev–Trinajstić information content (AvgIpc) is 2.27. The number of phenolic OH excluding ortho intramolecular Hbond substituents is 1. The Bertz CT molecular complexity index is 393. The minimum atomic E-state index is -0.722. The van der Waals surface area contributed by atoms with Crippen LogP contribution in [0.25, 0.3) is 0 Å². The molecule has 0 fully saturated rings. The number of aromatic hydroxyl groups is 1. The van der Waals surface area contributed by atoms with Crippen LogP contribution in [0.15, 0.2) is 18.2 Å². The number of hydrogen-bond donors (Lipinski definition) is 2. The third kappa shape index (κ3) is 4.88. The number of benzene rings is 1. The summed E-state index contributed by atoms with van der Waals surface area (Å²) < 4.78 is 10.9. The van der Waals surface area contributed by atoms with E-state index < -0.39 is 10.8 Å². The zero-order chi connectivity index (χ0) is 12.8. The molecule has 0 aromatic heterocycles. The lowest BCUT2D eigenvalue weighted by Gasteiger charge is -2.16. The van der Waals surface area contributed by atoms with Crippen LogP contribution in [0.5, 0.6) is 5.75 Å². The van der Waals surface area contributed by atoms with Crippen LogP contribution in [0.1, 0.15) is 30.5 Å². The highest BCUT2D eigenvalue weighted by Crippen LogP contribution is 2.24. The van der Waals surface area contributed by atoms with Gasteiger partial charge in [0.15, 0.2) is 0 Å². The first-order valence-electron chi connectivity index (χ1n) is 5.83. The molecule has 0 saturated heterocycles. The Hall–Kier alpha value is -0.870. The average molecular weight is 255 g/mol. The quantitative estimate of drug-likeness (QED) is 0.766. The van der Waals surface area contributed by atoms with E-state index in [4.69, 9.17) is 0 Å². The number of nitrogens with one attached hydrogen (secondary N) is 1. The van der Waals surface area contributed by atoms with Gasteiger partial charge < -0.3 is 10.4 Å². The van der Waals surface area contributed by atoms with Gasteiger partial charge >= 0.3 is 0 Å². The first kappa shape index (κ1) is 14.2. The van der Waals surface area contributed by atoms with Crippen molar-refractivity contribution in [3.63, 3.8) is 0 Å². The van der Waals surface area contributed by atoms with Crippen molar-refractivity contribution >= 4 is 10.8 Å². The summed E-state index contributed by atoms with van der Waals surface area (Å²) in [6.07, 6.45) is 2.61. The second kappa shape index (κ2) is 6.77. The molecule has 1 aromatic rings. The van der Waals surface area contributed by atoms with Crippen molar-refractivity contribution in [3.05, 3.63) is 29.3 Å². The van der Waals surface area contributed by atoms with Crippen molar-refractivity contribution in [1.29, 1.82) is 0 Å². The van der Waals surface area contributed by atoms with Gasteiger partial charge in [0.2, 0.25) is 0 Å². The molecule has 3 nitrogen and oxygen atoms in total. The monoisotopic (exact) mass is 255 g/mol. The smallest absolute Gasteiger partial charge is 0.120 e. The molecule has 0 aliphatic carbocycles. The molecule has 17 heavy (non-hydrogen) atoms. The lowest BCUT2D eigenvalue weighted by molar-refractivity contribution is 0.452. The molecule has 2 unspecified atom stereocenters. The maximum Gasteiger partial charge on any atom is 0.120 e. The molecule has 0 amide bonds. The minimum Gasteiger partial charge on any atom is -0.508 e. The normalized spacial score (nSPS) is 14.5. The van der Waals surface area contributed by atoms with Crippen LogP contribution in [0, 0.1) is 6.92 Å². The van der Waals surface area contributed by atoms with Crippen LogP contribution in [0.3, 0.4) is 0 Å². The summed E-state index contributed by atoms with van der Waals surface area (Å²) in [4.78, 5) is 0. The van der Waals surface area contributed by atoms with Crippen molar-refractivity contribution < 1.29 is 9.32 Å². The maximum atomic E-state index is 10.9. The molecular formula is C13H21NO2S. The van der Waals surface area contributed by atoms with E-state index in [2.05, 4.69) is 5.32 Å². The van der Waals surface area contributed by atoms with Crippen molar-refractivity contribution in [2.45, 2.75) is 26.3 Å². The zero-order valence-corrected chi connectivity index (χ0v) is 11.5. The van der Waals surface area contributed by atoms with Crippen molar-refractivity contribution in [2.75, 3.05) is 18.6 Å². The summed E-state index contributed by atoms with van der Waals surface area (Å²) in [5.74, 6) is 1.05. The maximum absolute atomic E-state index is 10.9. The van der Waals surface area contributed by atoms with Gasteiger partial charge in [0.25, 0.3) is 0 Å². The fraction of sp³-hybridized carbons (Fsp3) is 0.538. The van der Waals surface area contributed by atoms with Crippen LogP contribution in [-0.4, -0.2) is 27.9 Å². The largest absolute Gasteiger partial charge is 0.508 e. The number of rotatable bonds is 6. The van der Waals surface area contributed by atoms with Crippen molar-refractivity contribution in [2.24, 2.45) is 0 Å². The van der Waals surface area contributed by atoms with Gasteiger partial charge in [0, 0.05) is 34.4 Å². The molecule has 0 saturated carbocycles. The summed E-state index contributed by atoms with van der Waals surface area (Å²) in [5.41, 5.74) is 2.06. The molecule has 4 heteroatoms. The van der Waals surface area contributed by atoms with Crippen LogP contribution in [0.4, 0.5) is 0 Å². The van der Waals surface area contributed by atoms with Crippen molar-refractivity contribution in [1.82, 2.24) is 5.32 Å². The molecule has 2 N–H and O–H groups in total. The van der Waals surface area contributed by atoms with Gasteiger partial charge in [-0.25, -0.2) is 0 Å². The Morgan fingerprint density at radius 3 is 2.82 bits per heavy atom. The molecule has 0 radical (unpaired) electrons.